The molecule has 1 aliphatic rings. The molecule has 0 aliphatic carbocycles. The number of ether oxygens (including phenoxy) is 3. The second-order valence-corrected chi connectivity index (χ2v) is 9.13. The van der Waals surface area contributed by atoms with Crippen molar-refractivity contribution >= 4 is 17.4 Å². The monoisotopic (exact) mass is 517 g/mol. The Morgan fingerprint density at radius 2 is 1.74 bits per heavy atom. The number of amides is 1. The zero-order valence-corrected chi connectivity index (χ0v) is 21.8. The van der Waals surface area contributed by atoms with Crippen LogP contribution < -0.4 is 14.2 Å². The lowest BCUT2D eigenvalue weighted by Crippen LogP contribution is -2.29. The maximum Gasteiger partial charge on any atom is 0.295 e. The van der Waals surface area contributed by atoms with E-state index in [1.165, 1.54) is 11.0 Å². The Balaban J connectivity index is 1.87. The van der Waals surface area contributed by atoms with Gasteiger partial charge in [-0.2, -0.15) is 0 Å². The fourth-order valence-electron chi connectivity index (χ4n) is 4.47. The Labute approximate surface area is 221 Å². The molecule has 1 amide bonds. The van der Waals surface area contributed by atoms with Crippen LogP contribution in [-0.2, 0) is 16.1 Å². The van der Waals surface area contributed by atoms with Gasteiger partial charge >= 0.3 is 0 Å². The number of Topliss-reactive ketones (excluding diaryl/α,β-unsaturated/α-hetero) is 1. The summed E-state index contributed by atoms with van der Waals surface area (Å²) in [6.45, 7) is 5.95. The number of nitrogens with zero attached hydrogens (tertiary/aromatic N) is 1. The van der Waals surface area contributed by atoms with Crippen molar-refractivity contribution in [2.75, 3.05) is 13.7 Å². The van der Waals surface area contributed by atoms with E-state index in [0.717, 1.165) is 5.56 Å². The van der Waals surface area contributed by atoms with Gasteiger partial charge in [0.15, 0.2) is 11.5 Å². The Kier molecular flexibility index (Phi) is 7.90. The fourth-order valence-corrected chi connectivity index (χ4v) is 4.47. The third-order valence-electron chi connectivity index (χ3n) is 6.11. The third-order valence-corrected chi connectivity index (χ3v) is 6.11. The summed E-state index contributed by atoms with van der Waals surface area (Å²) < 4.78 is 16.6. The molecule has 3 aromatic rings. The number of aromatic hydroxyl groups is 1. The number of phenols is 1. The van der Waals surface area contributed by atoms with Gasteiger partial charge in [0, 0.05) is 12.1 Å². The molecule has 8 nitrogen and oxygen atoms in total. The highest BCUT2D eigenvalue weighted by Gasteiger charge is 2.46. The number of benzene rings is 3. The molecule has 1 fully saturated rings. The molecule has 1 aliphatic heterocycles. The number of likely N-dealkylation sites (tertiary alicyclic amines) is 1. The minimum absolute atomic E-state index is 0.0623. The average molecular weight is 518 g/mol. The Morgan fingerprint density at radius 3 is 2.45 bits per heavy atom. The maximum absolute atomic E-state index is 13.4. The molecule has 198 valence electrons. The first-order chi connectivity index (χ1) is 18.2. The lowest BCUT2D eigenvalue weighted by atomic mass is 9.94. The van der Waals surface area contributed by atoms with Crippen LogP contribution in [0.1, 0.15) is 43.5 Å². The van der Waals surface area contributed by atoms with E-state index < -0.39 is 17.7 Å². The van der Waals surface area contributed by atoms with Crippen molar-refractivity contribution in [2.24, 2.45) is 0 Å². The van der Waals surface area contributed by atoms with E-state index in [2.05, 4.69) is 0 Å². The number of carbonyl (C=O) groups excluding carboxylic acids is 2. The van der Waals surface area contributed by atoms with Gasteiger partial charge in [-0.1, -0.05) is 30.3 Å². The molecule has 38 heavy (non-hydrogen) atoms. The smallest absolute Gasteiger partial charge is 0.295 e. The summed E-state index contributed by atoms with van der Waals surface area (Å²) >= 11 is 0. The van der Waals surface area contributed by atoms with Crippen molar-refractivity contribution in [3.05, 3.63) is 89.0 Å². The SMILES string of the molecule is CCOc1cc(C2/C(=C(/O)c3cccc(OC(C)C)c3)C(=O)C(=O)N2Cc2cccc(OC)c2)ccc1O. The number of rotatable bonds is 9. The first-order valence-corrected chi connectivity index (χ1v) is 12.4. The molecule has 0 spiro atoms. The molecule has 1 unspecified atom stereocenters. The van der Waals surface area contributed by atoms with E-state index in [-0.39, 0.29) is 35.5 Å². The number of aliphatic hydroxyl groups is 1. The Morgan fingerprint density at radius 1 is 1.00 bits per heavy atom. The first kappa shape index (κ1) is 26.6. The summed E-state index contributed by atoms with van der Waals surface area (Å²) in [5.41, 5.74) is 1.53. The molecule has 4 rings (SSSR count). The van der Waals surface area contributed by atoms with E-state index in [1.54, 1.807) is 68.6 Å². The van der Waals surface area contributed by atoms with E-state index in [1.807, 2.05) is 19.9 Å². The highest BCUT2D eigenvalue weighted by molar-refractivity contribution is 6.46. The van der Waals surface area contributed by atoms with E-state index in [9.17, 15) is 19.8 Å². The van der Waals surface area contributed by atoms with Gasteiger partial charge in [-0.05, 0) is 68.3 Å². The molecule has 0 saturated carbocycles. The van der Waals surface area contributed by atoms with Gasteiger partial charge in [0.05, 0.1) is 31.4 Å². The summed E-state index contributed by atoms with van der Waals surface area (Å²) in [4.78, 5) is 28.2. The lowest BCUT2D eigenvalue weighted by molar-refractivity contribution is -0.140. The second kappa shape index (κ2) is 11.3. The molecule has 0 radical (unpaired) electrons. The van der Waals surface area contributed by atoms with Gasteiger partial charge in [0.2, 0.25) is 0 Å². The second-order valence-electron chi connectivity index (χ2n) is 9.13. The van der Waals surface area contributed by atoms with Crippen molar-refractivity contribution in [1.29, 1.82) is 0 Å². The van der Waals surface area contributed by atoms with Crippen LogP contribution in [0.4, 0.5) is 0 Å². The average Bonchev–Trinajstić information content (AvgIpc) is 3.14. The third kappa shape index (κ3) is 5.44. The number of hydrogen-bond acceptors (Lipinski definition) is 7. The molecule has 0 aromatic heterocycles. The fraction of sp³-hybridized carbons (Fsp3) is 0.267. The minimum atomic E-state index is -0.935. The topological polar surface area (TPSA) is 106 Å². The molecular formula is C30H31NO7. The van der Waals surface area contributed by atoms with Gasteiger partial charge in [0.1, 0.15) is 17.3 Å². The van der Waals surface area contributed by atoms with Crippen LogP contribution in [0.3, 0.4) is 0 Å². The molecule has 3 aromatic carbocycles. The van der Waals surface area contributed by atoms with E-state index in [4.69, 9.17) is 14.2 Å². The highest BCUT2D eigenvalue weighted by Crippen LogP contribution is 2.43. The number of aliphatic hydroxyl groups excluding tert-OH is 1. The van der Waals surface area contributed by atoms with Crippen LogP contribution in [0.2, 0.25) is 0 Å². The summed E-state index contributed by atoms with van der Waals surface area (Å²) in [5.74, 6) is -0.600. The summed E-state index contributed by atoms with van der Waals surface area (Å²) in [6, 6.07) is 17.6. The summed E-state index contributed by atoms with van der Waals surface area (Å²) in [7, 11) is 1.55. The molecule has 2 N–H and O–H groups in total. The van der Waals surface area contributed by atoms with Crippen molar-refractivity contribution in [3.8, 4) is 23.0 Å². The zero-order valence-electron chi connectivity index (χ0n) is 21.8. The normalized spacial score (nSPS) is 16.7. The number of carbonyl (C=O) groups is 2. The van der Waals surface area contributed by atoms with Gasteiger partial charge in [-0.15, -0.1) is 0 Å². The molecule has 1 heterocycles. The number of hydrogen-bond donors (Lipinski definition) is 2. The predicted octanol–water partition coefficient (Wildman–Crippen LogP) is 5.21. The van der Waals surface area contributed by atoms with Crippen LogP contribution in [0, 0.1) is 0 Å². The summed E-state index contributed by atoms with van der Waals surface area (Å²) in [5, 5.41) is 21.7. The van der Waals surface area contributed by atoms with Crippen LogP contribution in [0.15, 0.2) is 72.3 Å². The van der Waals surface area contributed by atoms with Gasteiger partial charge in [0.25, 0.3) is 11.7 Å². The minimum Gasteiger partial charge on any atom is -0.507 e. The highest BCUT2D eigenvalue weighted by atomic mass is 16.5. The van der Waals surface area contributed by atoms with Crippen molar-refractivity contribution in [3.63, 3.8) is 0 Å². The number of phenolic OH excluding ortho intramolecular Hbond substituents is 1. The van der Waals surface area contributed by atoms with Crippen LogP contribution in [-0.4, -0.2) is 46.6 Å². The molecular weight excluding hydrogens is 486 g/mol. The van der Waals surface area contributed by atoms with Gasteiger partial charge in [-0.25, -0.2) is 0 Å². The van der Waals surface area contributed by atoms with Crippen LogP contribution in [0.25, 0.3) is 5.76 Å². The van der Waals surface area contributed by atoms with Crippen molar-refractivity contribution in [2.45, 2.75) is 39.5 Å². The van der Waals surface area contributed by atoms with E-state index in [0.29, 0.717) is 29.2 Å². The van der Waals surface area contributed by atoms with Crippen LogP contribution >= 0.6 is 0 Å². The molecule has 8 heteroatoms. The van der Waals surface area contributed by atoms with Crippen molar-refractivity contribution < 1.29 is 34.0 Å². The van der Waals surface area contributed by atoms with Gasteiger partial charge < -0.3 is 29.3 Å². The zero-order chi connectivity index (χ0) is 27.4. The Hall–Kier alpha value is -4.46. The van der Waals surface area contributed by atoms with Gasteiger partial charge in [-0.3, -0.25) is 9.59 Å². The molecule has 1 saturated heterocycles. The summed E-state index contributed by atoms with van der Waals surface area (Å²) in [6.07, 6.45) is -0.0881. The van der Waals surface area contributed by atoms with Crippen LogP contribution in [0.5, 0.6) is 23.0 Å². The number of methoxy groups -OCH3 is 1. The first-order valence-electron chi connectivity index (χ1n) is 12.4. The predicted molar refractivity (Wildman–Crippen MR) is 142 cm³/mol. The quantitative estimate of drug-likeness (QED) is 0.228. The standard InChI is InChI=1S/C30H31NO7/c1-5-37-25-16-20(12-13-24(25)32)27-26(28(33)21-9-7-11-23(15-21)38-18(2)3)29(34)30(35)31(27)17-19-8-6-10-22(14-19)36-4/h6-16,18,27,32-33H,5,17H2,1-4H3/b28-26-. The van der Waals surface area contributed by atoms with E-state index >= 15 is 0 Å². The lowest BCUT2D eigenvalue weighted by Gasteiger charge is -2.26. The molecule has 0 bridgehead atoms. The molecule has 1 atom stereocenters. The largest absolute Gasteiger partial charge is 0.507 e. The number of ketones is 1. The van der Waals surface area contributed by atoms with Crippen molar-refractivity contribution in [1.82, 2.24) is 4.90 Å². The Bertz CT molecular complexity index is 1380. The maximum atomic E-state index is 13.4.